The van der Waals surface area contributed by atoms with Crippen molar-refractivity contribution in [2.45, 2.75) is 25.8 Å². The minimum absolute atomic E-state index is 0.0606. The van der Waals surface area contributed by atoms with E-state index in [9.17, 15) is 8.42 Å². The molecule has 0 aliphatic heterocycles. The standard InChI is InChI=1S/C12H18Br2N2O2S/c1-2-19(17,18)7-3-4-12(16-15)10-6-5-9(13)8-11(10)14/h5-6,8,12,16H,2-4,7,15H2,1H3. The lowest BCUT2D eigenvalue weighted by atomic mass is 10.0. The van der Waals surface area contributed by atoms with Crippen LogP contribution in [0.3, 0.4) is 0 Å². The third kappa shape index (κ3) is 5.51. The first-order valence-corrected chi connectivity index (χ1v) is 9.42. The van der Waals surface area contributed by atoms with Crippen LogP contribution in [0.4, 0.5) is 0 Å². The highest BCUT2D eigenvalue weighted by Crippen LogP contribution is 2.29. The Hall–Kier alpha value is 0.0500. The topological polar surface area (TPSA) is 72.2 Å². The Morgan fingerprint density at radius 1 is 1.37 bits per heavy atom. The van der Waals surface area contributed by atoms with E-state index in [2.05, 4.69) is 37.3 Å². The Morgan fingerprint density at radius 3 is 2.58 bits per heavy atom. The average Bonchev–Trinajstić information content (AvgIpc) is 2.36. The Kier molecular flexibility index (Phi) is 6.96. The van der Waals surface area contributed by atoms with E-state index in [1.54, 1.807) is 6.92 Å². The molecule has 1 aromatic rings. The fourth-order valence-electron chi connectivity index (χ4n) is 1.76. The second kappa shape index (κ2) is 7.73. The molecule has 0 saturated carbocycles. The molecule has 0 aliphatic carbocycles. The molecule has 1 atom stereocenters. The Labute approximate surface area is 131 Å². The minimum Gasteiger partial charge on any atom is -0.271 e. The fraction of sp³-hybridized carbons (Fsp3) is 0.500. The number of hydrogen-bond donors (Lipinski definition) is 2. The quantitative estimate of drug-likeness (QED) is 0.532. The summed E-state index contributed by atoms with van der Waals surface area (Å²) in [7, 11) is -2.91. The van der Waals surface area contributed by atoms with Gasteiger partial charge in [0.25, 0.3) is 0 Å². The van der Waals surface area contributed by atoms with E-state index in [1.165, 1.54) is 0 Å². The summed E-state index contributed by atoms with van der Waals surface area (Å²) >= 11 is 6.88. The van der Waals surface area contributed by atoms with Gasteiger partial charge in [-0.1, -0.05) is 44.8 Å². The van der Waals surface area contributed by atoms with Crippen molar-refractivity contribution in [1.82, 2.24) is 5.43 Å². The van der Waals surface area contributed by atoms with Crippen molar-refractivity contribution >= 4 is 41.7 Å². The summed E-state index contributed by atoms with van der Waals surface area (Å²) in [6.45, 7) is 1.67. The number of halogens is 2. The maximum absolute atomic E-state index is 11.5. The predicted octanol–water partition coefficient (Wildman–Crippen LogP) is 2.93. The molecule has 19 heavy (non-hydrogen) atoms. The number of benzene rings is 1. The van der Waals surface area contributed by atoms with Crippen LogP contribution in [0.2, 0.25) is 0 Å². The molecule has 0 spiro atoms. The molecule has 1 aromatic carbocycles. The van der Waals surface area contributed by atoms with Crippen LogP contribution >= 0.6 is 31.9 Å². The normalized spacial score (nSPS) is 13.5. The highest BCUT2D eigenvalue weighted by atomic mass is 79.9. The van der Waals surface area contributed by atoms with Crippen molar-refractivity contribution in [3.05, 3.63) is 32.7 Å². The first kappa shape index (κ1) is 17.1. The number of nitrogens with one attached hydrogen (secondary N) is 1. The van der Waals surface area contributed by atoms with Gasteiger partial charge in [0.05, 0.1) is 5.75 Å². The zero-order valence-corrected chi connectivity index (χ0v) is 14.7. The molecular formula is C12H18Br2N2O2S. The van der Waals surface area contributed by atoms with Gasteiger partial charge in [-0.3, -0.25) is 11.3 Å². The lowest BCUT2D eigenvalue weighted by Gasteiger charge is -2.18. The van der Waals surface area contributed by atoms with Crippen LogP contribution < -0.4 is 11.3 Å². The van der Waals surface area contributed by atoms with E-state index >= 15 is 0 Å². The fourth-order valence-corrected chi connectivity index (χ4v) is 3.98. The molecule has 0 fully saturated rings. The molecule has 3 N–H and O–H groups in total. The lowest BCUT2D eigenvalue weighted by Crippen LogP contribution is -2.28. The summed E-state index contributed by atoms with van der Waals surface area (Å²) in [4.78, 5) is 0. The lowest BCUT2D eigenvalue weighted by molar-refractivity contribution is 0.505. The molecule has 0 bridgehead atoms. The van der Waals surface area contributed by atoms with E-state index in [1.807, 2.05) is 18.2 Å². The van der Waals surface area contributed by atoms with Gasteiger partial charge in [0.1, 0.15) is 9.84 Å². The first-order valence-electron chi connectivity index (χ1n) is 6.01. The summed E-state index contributed by atoms with van der Waals surface area (Å²) in [6.07, 6.45) is 1.27. The zero-order chi connectivity index (χ0) is 14.5. The summed E-state index contributed by atoms with van der Waals surface area (Å²) in [5.74, 6) is 5.96. The van der Waals surface area contributed by atoms with E-state index in [0.717, 1.165) is 14.5 Å². The van der Waals surface area contributed by atoms with Crippen molar-refractivity contribution in [2.24, 2.45) is 5.84 Å². The molecule has 1 unspecified atom stereocenters. The van der Waals surface area contributed by atoms with Crippen LogP contribution in [-0.4, -0.2) is 19.9 Å². The van der Waals surface area contributed by atoms with Gasteiger partial charge < -0.3 is 0 Å². The van der Waals surface area contributed by atoms with Crippen LogP contribution in [-0.2, 0) is 9.84 Å². The van der Waals surface area contributed by atoms with Gasteiger partial charge >= 0.3 is 0 Å². The zero-order valence-electron chi connectivity index (χ0n) is 10.7. The molecule has 108 valence electrons. The number of hydrogen-bond acceptors (Lipinski definition) is 4. The Balaban J connectivity index is 2.68. The molecular weight excluding hydrogens is 396 g/mol. The van der Waals surface area contributed by atoms with E-state index < -0.39 is 9.84 Å². The van der Waals surface area contributed by atoms with Gasteiger partial charge in [-0.2, -0.15) is 0 Å². The molecule has 0 aliphatic rings. The van der Waals surface area contributed by atoms with Crippen LogP contribution in [0, 0.1) is 0 Å². The smallest absolute Gasteiger partial charge is 0.150 e. The van der Waals surface area contributed by atoms with E-state index in [4.69, 9.17) is 5.84 Å². The van der Waals surface area contributed by atoms with Crippen molar-refractivity contribution in [3.8, 4) is 0 Å². The first-order chi connectivity index (χ1) is 8.89. The summed E-state index contributed by atoms with van der Waals surface area (Å²) in [5, 5.41) is 0. The van der Waals surface area contributed by atoms with Gasteiger partial charge in [-0.05, 0) is 30.5 Å². The average molecular weight is 414 g/mol. The van der Waals surface area contributed by atoms with Crippen molar-refractivity contribution in [2.75, 3.05) is 11.5 Å². The minimum atomic E-state index is -2.91. The number of hydrazine groups is 1. The maximum atomic E-state index is 11.5. The van der Waals surface area contributed by atoms with Gasteiger partial charge in [-0.15, -0.1) is 0 Å². The van der Waals surface area contributed by atoms with Gasteiger partial charge in [0.2, 0.25) is 0 Å². The maximum Gasteiger partial charge on any atom is 0.150 e. The summed E-state index contributed by atoms with van der Waals surface area (Å²) in [6, 6.07) is 5.79. The summed E-state index contributed by atoms with van der Waals surface area (Å²) < 4.78 is 24.8. The number of nitrogens with two attached hydrogens (primary N) is 1. The number of sulfone groups is 1. The third-order valence-corrected chi connectivity index (χ3v) is 5.90. The molecule has 7 heteroatoms. The number of rotatable bonds is 7. The molecule has 0 saturated heterocycles. The van der Waals surface area contributed by atoms with E-state index in [-0.39, 0.29) is 17.5 Å². The Morgan fingerprint density at radius 2 is 2.05 bits per heavy atom. The van der Waals surface area contributed by atoms with Crippen molar-refractivity contribution in [3.63, 3.8) is 0 Å². The Bertz CT molecular complexity index is 520. The second-order valence-electron chi connectivity index (χ2n) is 4.26. The largest absolute Gasteiger partial charge is 0.271 e. The van der Waals surface area contributed by atoms with Crippen molar-refractivity contribution in [1.29, 1.82) is 0 Å². The molecule has 0 heterocycles. The molecule has 0 amide bonds. The predicted molar refractivity (Wildman–Crippen MR) is 85.5 cm³/mol. The van der Waals surface area contributed by atoms with E-state index in [0.29, 0.717) is 12.8 Å². The third-order valence-electron chi connectivity index (χ3n) is 2.93. The highest BCUT2D eigenvalue weighted by Gasteiger charge is 2.15. The monoisotopic (exact) mass is 412 g/mol. The van der Waals surface area contributed by atoms with Gasteiger partial charge in [0, 0.05) is 20.7 Å². The summed E-state index contributed by atoms with van der Waals surface area (Å²) in [5.41, 5.74) is 3.77. The van der Waals surface area contributed by atoms with Crippen LogP contribution in [0.1, 0.15) is 31.4 Å². The molecule has 4 nitrogen and oxygen atoms in total. The SMILES string of the molecule is CCS(=O)(=O)CCCC(NN)c1ccc(Br)cc1Br. The highest BCUT2D eigenvalue weighted by molar-refractivity contribution is 9.11. The molecule has 0 radical (unpaired) electrons. The van der Waals surface area contributed by atoms with Crippen LogP contribution in [0.5, 0.6) is 0 Å². The molecule has 1 rings (SSSR count). The second-order valence-corrected chi connectivity index (χ2v) is 8.51. The van der Waals surface area contributed by atoms with Gasteiger partial charge in [0.15, 0.2) is 0 Å². The van der Waals surface area contributed by atoms with Crippen LogP contribution in [0.25, 0.3) is 0 Å². The van der Waals surface area contributed by atoms with Crippen LogP contribution in [0.15, 0.2) is 27.1 Å². The molecule has 0 aromatic heterocycles. The van der Waals surface area contributed by atoms with Gasteiger partial charge in [-0.25, -0.2) is 8.42 Å². The van der Waals surface area contributed by atoms with Crippen molar-refractivity contribution < 1.29 is 8.42 Å².